The summed E-state index contributed by atoms with van der Waals surface area (Å²) < 4.78 is 9.75. The average molecular weight is 288 g/mol. The maximum Gasteiger partial charge on any atom is 0.373 e. The van der Waals surface area contributed by atoms with Gasteiger partial charge in [0.05, 0.1) is 12.5 Å². The molecule has 0 saturated carbocycles. The number of aliphatic hydroxyl groups is 2. The van der Waals surface area contributed by atoms with Crippen LogP contribution in [0.1, 0.15) is 64.7 Å². The van der Waals surface area contributed by atoms with Crippen LogP contribution in [0.2, 0.25) is 0 Å². The molecule has 1 aliphatic heterocycles. The third kappa shape index (κ3) is 6.34. The third-order valence-corrected chi connectivity index (χ3v) is 3.31. The summed E-state index contributed by atoms with van der Waals surface area (Å²) in [7, 11) is 0. The molecule has 0 amide bonds. The topological polar surface area (TPSA) is 93.1 Å². The van der Waals surface area contributed by atoms with E-state index < -0.39 is 17.9 Å². The van der Waals surface area contributed by atoms with Crippen LogP contribution in [0.5, 0.6) is 0 Å². The molecule has 6 heteroatoms. The van der Waals surface area contributed by atoms with Crippen LogP contribution < -0.4 is 0 Å². The number of aliphatic hydroxyl groups excluding tert-OH is 1. The van der Waals surface area contributed by atoms with E-state index in [1.807, 2.05) is 6.92 Å². The van der Waals surface area contributed by atoms with Gasteiger partial charge in [-0.05, 0) is 32.1 Å². The second-order valence-corrected chi connectivity index (χ2v) is 5.18. The molecule has 0 aromatic rings. The molecule has 0 aliphatic carbocycles. The Kier molecular flexibility index (Phi) is 6.95. The molecule has 6 nitrogen and oxygen atoms in total. The predicted octanol–water partition coefficient (Wildman–Crippen LogP) is 1.62. The average Bonchev–Trinajstić information content (AvgIpc) is 2.44. The summed E-state index contributed by atoms with van der Waals surface area (Å²) in [6.07, 6.45) is 3.54. The first-order chi connectivity index (χ1) is 9.45. The number of rotatable bonds is 6. The van der Waals surface area contributed by atoms with E-state index in [0.717, 1.165) is 0 Å². The highest BCUT2D eigenvalue weighted by Gasteiger charge is 2.36. The van der Waals surface area contributed by atoms with Crippen LogP contribution in [0.15, 0.2) is 0 Å². The molecule has 0 aromatic heterocycles. The second-order valence-electron chi connectivity index (χ2n) is 5.18. The van der Waals surface area contributed by atoms with Crippen molar-refractivity contribution >= 4 is 11.9 Å². The fourth-order valence-electron chi connectivity index (χ4n) is 2.05. The highest BCUT2D eigenvalue weighted by molar-refractivity contribution is 5.72. The smallest absolute Gasteiger partial charge is 0.373 e. The van der Waals surface area contributed by atoms with Gasteiger partial charge in [-0.15, -0.1) is 0 Å². The van der Waals surface area contributed by atoms with E-state index in [9.17, 15) is 19.8 Å². The molecule has 2 N–H and O–H groups in total. The Labute approximate surface area is 119 Å². The van der Waals surface area contributed by atoms with Crippen molar-refractivity contribution < 1.29 is 29.3 Å². The molecule has 1 heterocycles. The Morgan fingerprint density at radius 3 is 2.20 bits per heavy atom. The maximum absolute atomic E-state index is 11.5. The molecule has 1 saturated heterocycles. The van der Waals surface area contributed by atoms with Crippen LogP contribution in [-0.4, -0.2) is 34.2 Å². The first kappa shape index (κ1) is 16.9. The molecule has 0 aromatic carbocycles. The molecular weight excluding hydrogens is 264 g/mol. The fourth-order valence-corrected chi connectivity index (χ4v) is 2.05. The van der Waals surface area contributed by atoms with Crippen molar-refractivity contribution in [1.82, 2.24) is 0 Å². The van der Waals surface area contributed by atoms with Crippen molar-refractivity contribution in [3.05, 3.63) is 0 Å². The van der Waals surface area contributed by atoms with Crippen molar-refractivity contribution in [2.75, 3.05) is 0 Å². The van der Waals surface area contributed by atoms with E-state index in [1.54, 1.807) is 0 Å². The largest absolute Gasteiger partial charge is 0.398 e. The van der Waals surface area contributed by atoms with E-state index in [4.69, 9.17) is 9.47 Å². The summed E-state index contributed by atoms with van der Waals surface area (Å²) >= 11 is 0. The summed E-state index contributed by atoms with van der Waals surface area (Å²) in [6.45, 7) is 1.89. The van der Waals surface area contributed by atoms with Crippen LogP contribution in [0, 0.1) is 0 Å². The highest BCUT2D eigenvalue weighted by atomic mass is 16.8. The minimum atomic E-state index is -2.16. The Bertz CT molecular complexity index is 308. The molecule has 1 atom stereocenters. The van der Waals surface area contributed by atoms with Gasteiger partial charge >= 0.3 is 17.9 Å². The molecule has 0 bridgehead atoms. The number of hydrogen-bond donors (Lipinski definition) is 2. The summed E-state index contributed by atoms with van der Waals surface area (Å²) in [6, 6.07) is 0. The quantitative estimate of drug-likeness (QED) is 0.570. The van der Waals surface area contributed by atoms with E-state index in [0.29, 0.717) is 38.5 Å². The van der Waals surface area contributed by atoms with Crippen LogP contribution >= 0.6 is 0 Å². The van der Waals surface area contributed by atoms with Gasteiger partial charge in [0.1, 0.15) is 0 Å². The van der Waals surface area contributed by atoms with Gasteiger partial charge in [-0.1, -0.05) is 13.3 Å². The van der Waals surface area contributed by atoms with Gasteiger partial charge in [-0.25, -0.2) is 0 Å². The SMILES string of the molecule is CCC(O)CCCCC1(O)OC(=O)CCCCC(=O)O1. The first-order valence-corrected chi connectivity index (χ1v) is 7.29. The molecule has 116 valence electrons. The van der Waals surface area contributed by atoms with E-state index in [-0.39, 0.29) is 25.4 Å². The van der Waals surface area contributed by atoms with Gasteiger partial charge in [0, 0.05) is 12.8 Å². The Morgan fingerprint density at radius 1 is 1.15 bits per heavy atom. The zero-order chi connectivity index (χ0) is 15.0. The molecule has 1 fully saturated rings. The van der Waals surface area contributed by atoms with Gasteiger partial charge in [0.15, 0.2) is 0 Å². The lowest BCUT2D eigenvalue weighted by molar-refractivity contribution is -0.327. The summed E-state index contributed by atoms with van der Waals surface area (Å²) in [5.74, 6) is -3.28. The van der Waals surface area contributed by atoms with Gasteiger partial charge in [-0.3, -0.25) is 9.59 Å². The number of carbonyl (C=O) groups is 2. The van der Waals surface area contributed by atoms with Gasteiger partial charge in [0.2, 0.25) is 0 Å². The lowest BCUT2D eigenvalue weighted by Gasteiger charge is -2.26. The summed E-state index contributed by atoms with van der Waals surface area (Å²) in [5, 5.41) is 19.5. The Balaban J connectivity index is 2.47. The lowest BCUT2D eigenvalue weighted by Crippen LogP contribution is -2.39. The molecule has 0 radical (unpaired) electrons. The van der Waals surface area contributed by atoms with Gasteiger partial charge in [0.25, 0.3) is 0 Å². The maximum atomic E-state index is 11.5. The van der Waals surface area contributed by atoms with Gasteiger partial charge in [-0.2, -0.15) is 0 Å². The minimum Gasteiger partial charge on any atom is -0.398 e. The van der Waals surface area contributed by atoms with Crippen LogP contribution in [-0.2, 0) is 19.1 Å². The molecule has 1 aliphatic rings. The Hall–Kier alpha value is -1.14. The summed E-state index contributed by atoms with van der Waals surface area (Å²) in [5.41, 5.74) is 0. The number of cyclic esters (lactones) is 2. The molecule has 1 unspecified atom stereocenters. The zero-order valence-corrected chi connectivity index (χ0v) is 12.0. The van der Waals surface area contributed by atoms with Gasteiger partial charge < -0.3 is 19.7 Å². The normalized spacial score (nSPS) is 21.1. The minimum absolute atomic E-state index is 0.0287. The van der Waals surface area contributed by atoms with E-state index in [2.05, 4.69) is 0 Å². The lowest BCUT2D eigenvalue weighted by atomic mass is 10.1. The number of esters is 2. The molecule has 0 spiro atoms. The van der Waals surface area contributed by atoms with Crippen molar-refractivity contribution in [2.24, 2.45) is 0 Å². The van der Waals surface area contributed by atoms with Crippen molar-refractivity contribution in [3.8, 4) is 0 Å². The van der Waals surface area contributed by atoms with Crippen LogP contribution in [0.3, 0.4) is 0 Å². The van der Waals surface area contributed by atoms with Crippen molar-refractivity contribution in [1.29, 1.82) is 0 Å². The number of unbranched alkanes of at least 4 members (excludes halogenated alkanes) is 1. The zero-order valence-electron chi connectivity index (χ0n) is 12.0. The predicted molar refractivity (Wildman–Crippen MR) is 70.4 cm³/mol. The molecule has 20 heavy (non-hydrogen) atoms. The van der Waals surface area contributed by atoms with E-state index in [1.165, 1.54) is 0 Å². The highest BCUT2D eigenvalue weighted by Crippen LogP contribution is 2.23. The summed E-state index contributed by atoms with van der Waals surface area (Å²) in [4.78, 5) is 23.0. The van der Waals surface area contributed by atoms with Crippen LogP contribution in [0.25, 0.3) is 0 Å². The molecular formula is C14H24O6. The number of ether oxygens (including phenoxy) is 2. The van der Waals surface area contributed by atoms with Crippen molar-refractivity contribution in [2.45, 2.75) is 76.8 Å². The fraction of sp³-hybridized carbons (Fsp3) is 0.857. The number of carbonyl (C=O) groups excluding carboxylic acids is 2. The third-order valence-electron chi connectivity index (χ3n) is 3.31. The Morgan fingerprint density at radius 2 is 1.70 bits per heavy atom. The first-order valence-electron chi connectivity index (χ1n) is 7.29. The van der Waals surface area contributed by atoms with Crippen LogP contribution in [0.4, 0.5) is 0 Å². The number of hydrogen-bond acceptors (Lipinski definition) is 6. The van der Waals surface area contributed by atoms with Crippen molar-refractivity contribution in [3.63, 3.8) is 0 Å². The second kappa shape index (κ2) is 8.21. The standard InChI is InChI=1S/C14H24O6/c1-2-11(15)7-5-6-10-14(18)19-12(16)8-3-4-9-13(17)20-14/h11,15,18H,2-10H2,1H3. The molecule has 1 rings (SSSR count). The monoisotopic (exact) mass is 288 g/mol. The van der Waals surface area contributed by atoms with E-state index >= 15 is 0 Å².